The van der Waals surface area contributed by atoms with Crippen LogP contribution >= 0.6 is 11.6 Å². The fourth-order valence-corrected chi connectivity index (χ4v) is 5.19. The number of carbonyl (C=O) groups excluding carboxylic acids is 1. The molecule has 162 valence electrons. The normalized spacial score (nSPS) is 19.2. The van der Waals surface area contributed by atoms with Gasteiger partial charge >= 0.3 is 0 Å². The van der Waals surface area contributed by atoms with Crippen molar-refractivity contribution in [1.29, 1.82) is 0 Å². The first kappa shape index (κ1) is 20.6. The number of aromatic amines is 1. The van der Waals surface area contributed by atoms with E-state index in [-0.39, 0.29) is 11.8 Å². The van der Waals surface area contributed by atoms with Crippen LogP contribution < -0.4 is 4.90 Å². The van der Waals surface area contributed by atoms with Crippen LogP contribution in [0.1, 0.15) is 43.2 Å². The van der Waals surface area contributed by atoms with Crippen molar-refractivity contribution in [2.75, 3.05) is 24.5 Å². The van der Waals surface area contributed by atoms with Gasteiger partial charge in [-0.1, -0.05) is 29.8 Å². The SMILES string of the molecule is O=C(C1CCN(C(O)c2cc3ccccc3[nH]2)CC1)N1CCCCc2cc(Cl)ccc21. The number of piperidine rings is 1. The molecule has 1 saturated heterocycles. The molecule has 5 rings (SSSR count). The van der Waals surface area contributed by atoms with Crippen LogP contribution in [0.15, 0.2) is 48.5 Å². The van der Waals surface area contributed by atoms with E-state index in [1.165, 1.54) is 5.56 Å². The minimum Gasteiger partial charge on any atom is -0.373 e. The lowest BCUT2D eigenvalue weighted by atomic mass is 9.94. The number of hydrogen-bond donors (Lipinski definition) is 2. The first-order valence-corrected chi connectivity index (χ1v) is 11.6. The molecule has 1 aromatic heterocycles. The summed E-state index contributed by atoms with van der Waals surface area (Å²) in [5, 5.41) is 12.7. The van der Waals surface area contributed by atoms with E-state index >= 15 is 0 Å². The summed E-state index contributed by atoms with van der Waals surface area (Å²) in [5.41, 5.74) is 4.03. The van der Waals surface area contributed by atoms with Crippen LogP contribution in [-0.4, -0.2) is 40.5 Å². The van der Waals surface area contributed by atoms with Crippen molar-refractivity contribution in [3.8, 4) is 0 Å². The monoisotopic (exact) mass is 437 g/mol. The van der Waals surface area contributed by atoms with Crippen molar-refractivity contribution >= 4 is 34.1 Å². The quantitative estimate of drug-likeness (QED) is 0.613. The molecule has 0 radical (unpaired) electrons. The Bertz CT molecular complexity index is 1050. The molecule has 31 heavy (non-hydrogen) atoms. The topological polar surface area (TPSA) is 59.6 Å². The second-order valence-electron chi connectivity index (χ2n) is 8.72. The highest BCUT2D eigenvalue weighted by atomic mass is 35.5. The molecule has 2 aliphatic heterocycles. The Labute approximate surface area is 187 Å². The molecule has 0 saturated carbocycles. The number of rotatable bonds is 3. The Balaban J connectivity index is 1.26. The number of benzene rings is 2. The molecule has 0 bridgehead atoms. The number of hydrogen-bond acceptors (Lipinski definition) is 3. The lowest BCUT2D eigenvalue weighted by molar-refractivity contribution is -0.125. The molecule has 2 N–H and O–H groups in total. The zero-order valence-corrected chi connectivity index (χ0v) is 18.3. The summed E-state index contributed by atoms with van der Waals surface area (Å²) < 4.78 is 0. The van der Waals surface area contributed by atoms with E-state index in [1.54, 1.807) is 0 Å². The molecule has 3 aromatic rings. The minimum absolute atomic E-state index is 0.00667. The number of fused-ring (bicyclic) bond motifs is 2. The van der Waals surface area contributed by atoms with E-state index < -0.39 is 6.23 Å². The van der Waals surface area contributed by atoms with Gasteiger partial charge in [-0.3, -0.25) is 9.69 Å². The van der Waals surface area contributed by atoms with Gasteiger partial charge in [-0.25, -0.2) is 0 Å². The molecule has 2 aromatic carbocycles. The molecule has 6 heteroatoms. The fraction of sp³-hybridized carbons (Fsp3) is 0.400. The van der Waals surface area contributed by atoms with Crippen LogP contribution in [0, 0.1) is 5.92 Å². The number of H-pyrrole nitrogens is 1. The van der Waals surface area contributed by atoms with Crippen molar-refractivity contribution in [1.82, 2.24) is 9.88 Å². The van der Waals surface area contributed by atoms with Crippen LogP contribution in [0.5, 0.6) is 0 Å². The Kier molecular flexibility index (Phi) is 5.74. The summed E-state index contributed by atoms with van der Waals surface area (Å²) >= 11 is 6.19. The van der Waals surface area contributed by atoms with Gasteiger partial charge in [0.1, 0.15) is 6.23 Å². The average molecular weight is 438 g/mol. The maximum absolute atomic E-state index is 13.4. The second kappa shape index (κ2) is 8.65. The molecule has 0 spiro atoms. The average Bonchev–Trinajstić information content (AvgIpc) is 3.12. The number of para-hydroxylation sites is 1. The Morgan fingerprint density at radius 3 is 2.68 bits per heavy atom. The molecule has 1 unspecified atom stereocenters. The minimum atomic E-state index is -0.676. The summed E-state index contributed by atoms with van der Waals surface area (Å²) in [5.74, 6) is 0.206. The zero-order chi connectivity index (χ0) is 21.4. The second-order valence-corrected chi connectivity index (χ2v) is 9.15. The molecular formula is C25H28ClN3O2. The highest BCUT2D eigenvalue weighted by Crippen LogP contribution is 2.33. The molecule has 3 heterocycles. The molecular weight excluding hydrogens is 410 g/mol. The highest BCUT2D eigenvalue weighted by Gasteiger charge is 2.33. The van der Waals surface area contributed by atoms with E-state index in [0.717, 1.165) is 66.0 Å². The van der Waals surface area contributed by atoms with E-state index in [2.05, 4.69) is 9.88 Å². The number of amides is 1. The van der Waals surface area contributed by atoms with Gasteiger partial charge in [0, 0.05) is 41.8 Å². The largest absolute Gasteiger partial charge is 0.373 e. The molecule has 1 atom stereocenters. The number of aromatic nitrogens is 1. The number of carbonyl (C=O) groups is 1. The Hall–Kier alpha value is -2.34. The summed E-state index contributed by atoms with van der Waals surface area (Å²) in [4.78, 5) is 20.8. The molecule has 1 fully saturated rings. The van der Waals surface area contributed by atoms with Crippen molar-refractivity contribution in [3.05, 3.63) is 64.8 Å². The zero-order valence-electron chi connectivity index (χ0n) is 17.6. The number of aliphatic hydroxyl groups excluding tert-OH is 1. The number of anilines is 1. The first-order valence-electron chi connectivity index (χ1n) is 11.2. The summed E-state index contributed by atoms with van der Waals surface area (Å²) in [6.07, 6.45) is 3.90. The first-order chi connectivity index (χ1) is 15.1. The predicted molar refractivity (Wildman–Crippen MR) is 124 cm³/mol. The van der Waals surface area contributed by atoms with Gasteiger partial charge in [0.25, 0.3) is 0 Å². The number of aliphatic hydroxyl groups is 1. The third-order valence-electron chi connectivity index (χ3n) is 6.73. The van der Waals surface area contributed by atoms with Crippen molar-refractivity contribution < 1.29 is 9.90 Å². The predicted octanol–water partition coefficient (Wildman–Crippen LogP) is 4.89. The van der Waals surface area contributed by atoms with Gasteiger partial charge in [-0.15, -0.1) is 0 Å². The van der Waals surface area contributed by atoms with Crippen LogP contribution in [0.4, 0.5) is 5.69 Å². The third kappa shape index (κ3) is 4.10. The van der Waals surface area contributed by atoms with E-state index in [4.69, 9.17) is 11.6 Å². The number of halogens is 1. The van der Waals surface area contributed by atoms with Crippen LogP contribution in [-0.2, 0) is 11.2 Å². The smallest absolute Gasteiger partial charge is 0.230 e. The van der Waals surface area contributed by atoms with Crippen molar-refractivity contribution in [2.45, 2.75) is 38.3 Å². The molecule has 5 nitrogen and oxygen atoms in total. The lowest BCUT2D eigenvalue weighted by Crippen LogP contribution is -2.44. The maximum atomic E-state index is 13.4. The van der Waals surface area contributed by atoms with Gasteiger partial charge in [0.05, 0.1) is 5.69 Å². The van der Waals surface area contributed by atoms with E-state index in [9.17, 15) is 9.90 Å². The van der Waals surface area contributed by atoms with E-state index in [0.29, 0.717) is 13.1 Å². The molecule has 1 amide bonds. The Morgan fingerprint density at radius 1 is 1.06 bits per heavy atom. The maximum Gasteiger partial charge on any atom is 0.230 e. The summed E-state index contributed by atoms with van der Waals surface area (Å²) in [6.45, 7) is 2.17. The third-order valence-corrected chi connectivity index (χ3v) is 6.96. The number of nitrogens with zero attached hydrogens (tertiary/aromatic N) is 2. The summed E-state index contributed by atoms with van der Waals surface area (Å²) in [7, 11) is 0. The highest BCUT2D eigenvalue weighted by molar-refractivity contribution is 6.30. The van der Waals surface area contributed by atoms with E-state index in [1.807, 2.05) is 53.4 Å². The number of likely N-dealkylation sites (tertiary alicyclic amines) is 1. The standard InChI is InChI=1S/C25H28ClN3O2/c26-20-8-9-23-19(15-20)6-3-4-12-29(23)24(30)17-10-13-28(14-11-17)25(31)22-16-18-5-1-2-7-21(18)27-22/h1-2,5,7-9,15-17,25,27,31H,3-4,6,10-14H2. The Morgan fingerprint density at radius 2 is 1.87 bits per heavy atom. The number of aryl methyl sites for hydroxylation is 1. The van der Waals surface area contributed by atoms with Crippen molar-refractivity contribution in [3.63, 3.8) is 0 Å². The lowest BCUT2D eigenvalue weighted by Gasteiger charge is -2.36. The van der Waals surface area contributed by atoms with Gasteiger partial charge in [-0.2, -0.15) is 0 Å². The van der Waals surface area contributed by atoms with Gasteiger partial charge in [0.2, 0.25) is 5.91 Å². The van der Waals surface area contributed by atoms with Gasteiger partial charge in [0.15, 0.2) is 0 Å². The number of nitrogens with one attached hydrogen (secondary N) is 1. The molecule has 2 aliphatic rings. The van der Waals surface area contributed by atoms with Gasteiger partial charge < -0.3 is 15.0 Å². The fourth-order valence-electron chi connectivity index (χ4n) is 5.00. The van der Waals surface area contributed by atoms with Gasteiger partial charge in [-0.05, 0) is 73.4 Å². The summed E-state index contributed by atoms with van der Waals surface area (Å²) in [6, 6.07) is 15.9. The van der Waals surface area contributed by atoms with Crippen LogP contribution in [0.25, 0.3) is 10.9 Å². The van der Waals surface area contributed by atoms with Crippen molar-refractivity contribution in [2.24, 2.45) is 5.92 Å². The van der Waals surface area contributed by atoms with Crippen LogP contribution in [0.2, 0.25) is 5.02 Å². The van der Waals surface area contributed by atoms with Crippen LogP contribution in [0.3, 0.4) is 0 Å². The molecule has 0 aliphatic carbocycles.